The molecule has 0 saturated heterocycles. The van der Waals surface area contributed by atoms with E-state index in [4.69, 9.17) is 6.42 Å². The summed E-state index contributed by atoms with van der Waals surface area (Å²) in [5.74, 6) is 3.35. The van der Waals surface area contributed by atoms with Crippen LogP contribution in [0.3, 0.4) is 0 Å². The molecule has 4 aliphatic rings. The minimum Gasteiger partial charge on any atom is -0.393 e. The Balaban J connectivity index is 1.76. The molecule has 3 nitrogen and oxygen atoms in total. The highest BCUT2D eigenvalue weighted by Gasteiger charge is 2.65. The molecule has 0 aromatic rings. The van der Waals surface area contributed by atoms with E-state index >= 15 is 0 Å². The van der Waals surface area contributed by atoms with Crippen molar-refractivity contribution in [3.8, 4) is 12.3 Å². The van der Waals surface area contributed by atoms with Gasteiger partial charge in [-0.2, -0.15) is 0 Å². The number of terminal acetylenes is 1. The zero-order chi connectivity index (χ0) is 17.3. The zero-order valence-corrected chi connectivity index (χ0v) is 14.7. The Morgan fingerprint density at radius 2 is 1.88 bits per heavy atom. The van der Waals surface area contributed by atoms with Crippen molar-refractivity contribution < 1.29 is 15.0 Å². The van der Waals surface area contributed by atoms with Gasteiger partial charge in [-0.05, 0) is 68.3 Å². The lowest BCUT2D eigenvalue weighted by atomic mass is 9.46. The lowest BCUT2D eigenvalue weighted by molar-refractivity contribution is -0.140. The third kappa shape index (κ3) is 1.85. The number of allylic oxidation sites excluding steroid dienone is 1. The summed E-state index contributed by atoms with van der Waals surface area (Å²) in [5.41, 5.74) is -0.248. The van der Waals surface area contributed by atoms with E-state index in [1.54, 1.807) is 0 Å². The number of hydrogen-bond donors (Lipinski definition) is 2. The predicted molar refractivity (Wildman–Crippen MR) is 91.9 cm³/mol. The highest BCUT2D eigenvalue weighted by Crippen LogP contribution is 2.66. The van der Waals surface area contributed by atoms with Crippen LogP contribution in [0.25, 0.3) is 0 Å². The van der Waals surface area contributed by atoms with Crippen molar-refractivity contribution in [2.24, 2.45) is 28.6 Å². The van der Waals surface area contributed by atoms with Crippen LogP contribution >= 0.6 is 0 Å². The minimum absolute atomic E-state index is 0.0184. The van der Waals surface area contributed by atoms with E-state index in [9.17, 15) is 15.0 Å². The van der Waals surface area contributed by atoms with Crippen LogP contribution < -0.4 is 0 Å². The zero-order valence-electron chi connectivity index (χ0n) is 14.7. The van der Waals surface area contributed by atoms with Crippen molar-refractivity contribution in [1.82, 2.24) is 0 Å². The van der Waals surface area contributed by atoms with Gasteiger partial charge in [0.1, 0.15) is 5.60 Å². The molecule has 4 aliphatic carbocycles. The second-order valence-electron chi connectivity index (χ2n) is 9.12. The molecule has 0 aromatic carbocycles. The van der Waals surface area contributed by atoms with Crippen LogP contribution in [0, 0.1) is 40.9 Å². The maximum atomic E-state index is 13.0. The smallest absolute Gasteiger partial charge is 0.159 e. The first kappa shape index (κ1) is 16.4. The van der Waals surface area contributed by atoms with Gasteiger partial charge >= 0.3 is 0 Å². The second-order valence-corrected chi connectivity index (χ2v) is 9.12. The summed E-state index contributed by atoms with van der Waals surface area (Å²) in [7, 11) is 0. The second kappa shape index (κ2) is 4.96. The Hall–Kier alpha value is -1.11. The maximum Gasteiger partial charge on any atom is 0.159 e. The van der Waals surface area contributed by atoms with Crippen LogP contribution in [0.4, 0.5) is 0 Å². The van der Waals surface area contributed by atoms with Crippen molar-refractivity contribution in [1.29, 1.82) is 0 Å². The number of carbonyl (C=O) groups is 1. The fourth-order valence-electron chi connectivity index (χ4n) is 6.64. The number of carbonyl (C=O) groups excluding carboxylic acids is 1. The van der Waals surface area contributed by atoms with Crippen LogP contribution in [-0.2, 0) is 4.79 Å². The molecule has 3 fully saturated rings. The van der Waals surface area contributed by atoms with Gasteiger partial charge < -0.3 is 10.2 Å². The van der Waals surface area contributed by atoms with Crippen LogP contribution in [0.2, 0.25) is 0 Å². The van der Waals surface area contributed by atoms with Crippen molar-refractivity contribution >= 4 is 5.78 Å². The summed E-state index contributed by atoms with van der Waals surface area (Å²) in [6, 6.07) is 0. The highest BCUT2D eigenvalue weighted by atomic mass is 16.3. The van der Waals surface area contributed by atoms with Gasteiger partial charge in [-0.1, -0.05) is 25.3 Å². The van der Waals surface area contributed by atoms with Gasteiger partial charge in [0, 0.05) is 11.3 Å². The molecular weight excluding hydrogens is 300 g/mol. The van der Waals surface area contributed by atoms with Crippen LogP contribution in [0.5, 0.6) is 0 Å². The molecule has 130 valence electrons. The number of aliphatic hydroxyl groups excluding tert-OH is 1. The maximum absolute atomic E-state index is 13.0. The monoisotopic (exact) mass is 328 g/mol. The Bertz CT molecular complexity index is 658. The van der Waals surface area contributed by atoms with Crippen molar-refractivity contribution in [3.63, 3.8) is 0 Å². The molecule has 0 heterocycles. The first-order valence-corrected chi connectivity index (χ1v) is 9.38. The van der Waals surface area contributed by atoms with E-state index in [2.05, 4.69) is 19.8 Å². The molecule has 0 aliphatic heterocycles. The molecule has 2 N–H and O–H groups in total. The quantitative estimate of drug-likeness (QED) is 0.672. The van der Waals surface area contributed by atoms with Gasteiger partial charge in [0.05, 0.1) is 6.10 Å². The fraction of sp³-hybridized carbons (Fsp3) is 0.762. The number of rotatable bonds is 0. The van der Waals surface area contributed by atoms with Gasteiger partial charge in [-0.15, -0.1) is 6.42 Å². The fourth-order valence-corrected chi connectivity index (χ4v) is 6.64. The van der Waals surface area contributed by atoms with Crippen molar-refractivity contribution in [2.75, 3.05) is 0 Å². The largest absolute Gasteiger partial charge is 0.393 e. The van der Waals surface area contributed by atoms with E-state index in [0.29, 0.717) is 18.8 Å². The van der Waals surface area contributed by atoms with Crippen molar-refractivity contribution in [3.05, 3.63) is 11.6 Å². The number of aliphatic hydroxyl groups is 2. The molecule has 24 heavy (non-hydrogen) atoms. The number of fused-ring (bicyclic) bond motifs is 5. The highest BCUT2D eigenvalue weighted by molar-refractivity contribution is 5.94. The van der Waals surface area contributed by atoms with E-state index in [0.717, 1.165) is 37.7 Å². The van der Waals surface area contributed by atoms with Crippen LogP contribution in [0.15, 0.2) is 11.6 Å². The molecular formula is C21H28O3. The first-order valence-electron chi connectivity index (χ1n) is 9.38. The van der Waals surface area contributed by atoms with Gasteiger partial charge in [0.15, 0.2) is 5.78 Å². The average Bonchev–Trinajstić information content (AvgIpc) is 2.82. The molecule has 0 radical (unpaired) electrons. The van der Waals surface area contributed by atoms with E-state index in [1.807, 2.05) is 6.08 Å². The number of ketones is 1. The normalized spacial score (nSPS) is 53.5. The Kier molecular flexibility index (Phi) is 3.38. The SMILES string of the molecule is C#C[C@]1(O)CC[C@H]2[C@@H]3C(=O)C=C4C[C@@H](O)CC[C@]4(C)[C@H]3CC[C@@]21C. The summed E-state index contributed by atoms with van der Waals surface area (Å²) in [5, 5.41) is 21.0. The summed E-state index contributed by atoms with van der Waals surface area (Å²) < 4.78 is 0. The Labute approximate surface area is 144 Å². The summed E-state index contributed by atoms with van der Waals surface area (Å²) in [6.45, 7) is 4.39. The summed E-state index contributed by atoms with van der Waals surface area (Å²) >= 11 is 0. The van der Waals surface area contributed by atoms with Gasteiger partial charge in [0.2, 0.25) is 0 Å². The molecule has 3 heteroatoms. The lowest BCUT2D eigenvalue weighted by Crippen LogP contribution is -2.56. The Morgan fingerprint density at radius 3 is 2.58 bits per heavy atom. The minimum atomic E-state index is -1.07. The van der Waals surface area contributed by atoms with Crippen molar-refractivity contribution in [2.45, 2.75) is 70.5 Å². The van der Waals surface area contributed by atoms with Gasteiger partial charge in [-0.3, -0.25) is 4.79 Å². The molecule has 7 atom stereocenters. The average molecular weight is 328 g/mol. The van der Waals surface area contributed by atoms with Crippen LogP contribution in [-0.4, -0.2) is 27.7 Å². The molecule has 0 amide bonds. The molecule has 0 unspecified atom stereocenters. The number of hydrogen-bond acceptors (Lipinski definition) is 3. The molecule has 0 bridgehead atoms. The third-order valence-electron chi connectivity index (χ3n) is 8.31. The molecule has 0 spiro atoms. The standard InChI is InChI=1S/C21H28O3/c1-4-21(24)10-7-16-18-15(6-9-20(16,21)3)19(2)8-5-14(22)11-13(19)12-17(18)23/h1,12,14-16,18,22,24H,5-11H2,2-3H3/t14-,15-,16-,18+,19-,20-,21-/m0/s1. The van der Waals surface area contributed by atoms with Gasteiger partial charge in [0.25, 0.3) is 0 Å². The Morgan fingerprint density at radius 1 is 1.17 bits per heavy atom. The summed E-state index contributed by atoms with van der Waals surface area (Å²) in [6.07, 6.45) is 12.9. The van der Waals surface area contributed by atoms with E-state index in [1.165, 1.54) is 0 Å². The third-order valence-corrected chi connectivity index (χ3v) is 8.31. The topological polar surface area (TPSA) is 57.5 Å². The van der Waals surface area contributed by atoms with Crippen LogP contribution in [0.1, 0.15) is 58.8 Å². The molecule has 3 saturated carbocycles. The van der Waals surface area contributed by atoms with Gasteiger partial charge in [-0.25, -0.2) is 0 Å². The molecule has 4 rings (SSSR count). The van der Waals surface area contributed by atoms with E-state index in [-0.39, 0.29) is 34.6 Å². The predicted octanol–water partition coefficient (Wildman–Crippen LogP) is 2.85. The lowest BCUT2D eigenvalue weighted by Gasteiger charge is -2.57. The summed E-state index contributed by atoms with van der Waals surface area (Å²) in [4.78, 5) is 13.0. The van der Waals surface area contributed by atoms with E-state index < -0.39 is 5.60 Å². The first-order chi connectivity index (χ1) is 11.2. The molecule has 0 aromatic heterocycles.